The highest BCUT2D eigenvalue weighted by Gasteiger charge is 2.18. The van der Waals surface area contributed by atoms with E-state index in [2.05, 4.69) is 36.2 Å². The molecule has 0 aliphatic heterocycles. The Bertz CT molecular complexity index is 1180. The lowest BCUT2D eigenvalue weighted by atomic mass is 10.3. The highest BCUT2D eigenvalue weighted by atomic mass is 79.9. The summed E-state index contributed by atoms with van der Waals surface area (Å²) in [5.41, 5.74) is 4.27. The minimum atomic E-state index is -0.310. The van der Waals surface area contributed by atoms with Gasteiger partial charge in [0.1, 0.15) is 17.3 Å². The molecule has 0 aliphatic rings. The van der Waals surface area contributed by atoms with E-state index in [0.29, 0.717) is 46.9 Å². The summed E-state index contributed by atoms with van der Waals surface area (Å²) in [5.74, 6) is 0.194. The number of carbonyl (C=O) groups excluding carboxylic acids is 1. The van der Waals surface area contributed by atoms with Gasteiger partial charge < -0.3 is 10.3 Å². The van der Waals surface area contributed by atoms with E-state index >= 15 is 0 Å². The number of benzene rings is 1. The Morgan fingerprint density at radius 1 is 1.30 bits per heavy atom. The Labute approximate surface area is 163 Å². The number of amides is 1. The van der Waals surface area contributed by atoms with Gasteiger partial charge in [-0.1, -0.05) is 0 Å². The smallest absolute Gasteiger partial charge is 0.270 e. The fraction of sp³-hybridized carbons (Fsp3) is 0.211. The van der Waals surface area contributed by atoms with Crippen molar-refractivity contribution in [3.05, 3.63) is 63.5 Å². The maximum absolute atomic E-state index is 13.3. The fourth-order valence-corrected chi connectivity index (χ4v) is 3.79. The van der Waals surface area contributed by atoms with Crippen LogP contribution in [0.3, 0.4) is 0 Å². The molecule has 6 nitrogen and oxygen atoms in total. The van der Waals surface area contributed by atoms with Gasteiger partial charge in [-0.05, 0) is 59.6 Å². The molecule has 27 heavy (non-hydrogen) atoms. The molecule has 1 amide bonds. The molecule has 0 radical (unpaired) electrons. The van der Waals surface area contributed by atoms with E-state index < -0.39 is 0 Å². The van der Waals surface area contributed by atoms with Gasteiger partial charge in [0.05, 0.1) is 21.2 Å². The number of hydrogen-bond acceptors (Lipinski definition) is 3. The molecule has 0 fully saturated rings. The average molecular weight is 430 g/mol. The molecule has 4 aromatic rings. The monoisotopic (exact) mass is 429 g/mol. The third kappa shape index (κ3) is 3.32. The zero-order valence-corrected chi connectivity index (χ0v) is 16.4. The third-order valence-corrected chi connectivity index (χ3v) is 4.93. The summed E-state index contributed by atoms with van der Waals surface area (Å²) < 4.78 is 15.9. The van der Waals surface area contributed by atoms with E-state index in [9.17, 15) is 9.18 Å². The Morgan fingerprint density at radius 2 is 2.11 bits per heavy atom. The van der Waals surface area contributed by atoms with E-state index in [1.165, 1.54) is 12.1 Å². The van der Waals surface area contributed by atoms with E-state index in [-0.39, 0.29) is 11.7 Å². The molecule has 3 aromatic heterocycles. The number of hydrogen-bond donors (Lipinski definition) is 2. The maximum atomic E-state index is 13.3. The number of carbonyl (C=O) groups is 1. The number of H-pyrrole nitrogens is 1. The number of nitrogens with one attached hydrogen (secondary N) is 2. The summed E-state index contributed by atoms with van der Waals surface area (Å²) in [4.78, 5) is 24.7. The van der Waals surface area contributed by atoms with Gasteiger partial charge in [0.15, 0.2) is 5.65 Å². The maximum Gasteiger partial charge on any atom is 0.270 e. The Hall–Kier alpha value is -2.74. The van der Waals surface area contributed by atoms with Gasteiger partial charge in [0.25, 0.3) is 5.91 Å². The zero-order chi connectivity index (χ0) is 19.1. The number of fused-ring (bicyclic) bond motifs is 2. The molecule has 138 valence electrons. The quantitative estimate of drug-likeness (QED) is 0.519. The predicted molar refractivity (Wildman–Crippen MR) is 104 cm³/mol. The summed E-state index contributed by atoms with van der Waals surface area (Å²) >= 11 is 3.50. The molecule has 4 rings (SSSR count). The average Bonchev–Trinajstić information content (AvgIpc) is 3.14. The van der Waals surface area contributed by atoms with Crippen LogP contribution in [0, 0.1) is 19.7 Å². The number of imidazole rings is 2. The molecule has 8 heteroatoms. The van der Waals surface area contributed by atoms with Crippen LogP contribution >= 0.6 is 15.9 Å². The normalized spacial score (nSPS) is 11.4. The summed E-state index contributed by atoms with van der Waals surface area (Å²) in [6, 6.07) is 6.38. The standard InChI is InChI=1S/C19H17BrFN5O/c1-10-7-13(20)18-23-11(2)17(26(18)9-10)19(27)22-6-5-16-24-14-4-3-12(21)8-15(14)25-16/h3-4,7-9H,5-6H2,1-2H3,(H,22,27)(H,24,25). The second-order valence-electron chi connectivity index (χ2n) is 6.46. The number of aromatic amines is 1. The molecule has 0 unspecified atom stereocenters. The van der Waals surface area contributed by atoms with Crippen LogP contribution in [0.15, 0.2) is 34.9 Å². The van der Waals surface area contributed by atoms with Crippen LogP contribution in [0.1, 0.15) is 27.6 Å². The number of pyridine rings is 1. The first-order valence-electron chi connectivity index (χ1n) is 8.49. The van der Waals surface area contributed by atoms with Crippen LogP contribution in [-0.4, -0.2) is 31.8 Å². The number of aryl methyl sites for hydroxylation is 2. The molecule has 0 saturated carbocycles. The van der Waals surface area contributed by atoms with Crippen molar-refractivity contribution in [1.29, 1.82) is 0 Å². The Morgan fingerprint density at radius 3 is 2.93 bits per heavy atom. The SMILES string of the molecule is Cc1cc(Br)c2nc(C)c(C(=O)NCCc3nc4ccc(F)cc4[nH]3)n2c1. The first kappa shape index (κ1) is 17.7. The topological polar surface area (TPSA) is 75.1 Å². The highest BCUT2D eigenvalue weighted by Crippen LogP contribution is 2.22. The van der Waals surface area contributed by atoms with Crippen LogP contribution in [0.5, 0.6) is 0 Å². The van der Waals surface area contributed by atoms with Crippen molar-refractivity contribution in [3.8, 4) is 0 Å². The van der Waals surface area contributed by atoms with Crippen LogP contribution in [0.25, 0.3) is 16.7 Å². The van der Waals surface area contributed by atoms with Gasteiger partial charge in [0, 0.05) is 19.2 Å². The minimum Gasteiger partial charge on any atom is -0.350 e. The van der Waals surface area contributed by atoms with Crippen molar-refractivity contribution >= 4 is 38.5 Å². The fourth-order valence-electron chi connectivity index (χ4n) is 3.15. The summed E-state index contributed by atoms with van der Waals surface area (Å²) in [5, 5.41) is 2.91. The van der Waals surface area contributed by atoms with Crippen molar-refractivity contribution < 1.29 is 9.18 Å². The molecule has 2 N–H and O–H groups in total. The van der Waals surface area contributed by atoms with Crippen molar-refractivity contribution in [2.24, 2.45) is 0 Å². The lowest BCUT2D eigenvalue weighted by Gasteiger charge is -2.06. The van der Waals surface area contributed by atoms with Crippen LogP contribution in [0.2, 0.25) is 0 Å². The molecule has 0 aliphatic carbocycles. The first-order valence-corrected chi connectivity index (χ1v) is 9.29. The largest absolute Gasteiger partial charge is 0.350 e. The molecule has 3 heterocycles. The van der Waals surface area contributed by atoms with E-state index in [1.54, 1.807) is 10.5 Å². The van der Waals surface area contributed by atoms with Gasteiger partial charge in [-0.2, -0.15) is 0 Å². The van der Waals surface area contributed by atoms with E-state index in [4.69, 9.17) is 0 Å². The van der Waals surface area contributed by atoms with Crippen LogP contribution in [0.4, 0.5) is 4.39 Å². The molecular formula is C19H17BrFN5O. The van der Waals surface area contributed by atoms with Gasteiger partial charge in [0.2, 0.25) is 0 Å². The second kappa shape index (κ2) is 6.77. The van der Waals surface area contributed by atoms with Crippen molar-refractivity contribution in [2.75, 3.05) is 6.54 Å². The predicted octanol–water partition coefficient (Wildman–Crippen LogP) is 3.70. The Kier molecular flexibility index (Phi) is 4.43. The summed E-state index contributed by atoms with van der Waals surface area (Å²) in [6.45, 7) is 4.18. The summed E-state index contributed by atoms with van der Waals surface area (Å²) in [6.07, 6.45) is 2.41. The van der Waals surface area contributed by atoms with Crippen LogP contribution in [-0.2, 0) is 6.42 Å². The second-order valence-corrected chi connectivity index (χ2v) is 7.31. The van der Waals surface area contributed by atoms with Crippen molar-refractivity contribution in [3.63, 3.8) is 0 Å². The number of nitrogens with zero attached hydrogens (tertiary/aromatic N) is 3. The van der Waals surface area contributed by atoms with Gasteiger partial charge in [-0.25, -0.2) is 14.4 Å². The molecular weight excluding hydrogens is 413 g/mol. The lowest BCUT2D eigenvalue weighted by molar-refractivity contribution is 0.0947. The number of aromatic nitrogens is 4. The van der Waals surface area contributed by atoms with Crippen molar-refractivity contribution in [2.45, 2.75) is 20.3 Å². The highest BCUT2D eigenvalue weighted by molar-refractivity contribution is 9.10. The van der Waals surface area contributed by atoms with Crippen LogP contribution < -0.4 is 5.32 Å². The van der Waals surface area contributed by atoms with Gasteiger partial charge >= 0.3 is 0 Å². The Balaban J connectivity index is 1.51. The third-order valence-electron chi connectivity index (χ3n) is 4.34. The van der Waals surface area contributed by atoms with Gasteiger partial charge in [-0.3, -0.25) is 9.20 Å². The number of halogens is 2. The lowest BCUT2D eigenvalue weighted by Crippen LogP contribution is -2.27. The van der Waals surface area contributed by atoms with Crippen molar-refractivity contribution in [1.82, 2.24) is 24.7 Å². The molecule has 0 bridgehead atoms. The molecule has 0 spiro atoms. The molecule has 0 atom stereocenters. The van der Waals surface area contributed by atoms with E-state index in [1.807, 2.05) is 26.1 Å². The first-order chi connectivity index (χ1) is 12.9. The minimum absolute atomic E-state index is 0.195. The zero-order valence-electron chi connectivity index (χ0n) is 14.8. The van der Waals surface area contributed by atoms with Gasteiger partial charge in [-0.15, -0.1) is 0 Å². The molecule has 1 aromatic carbocycles. The number of rotatable bonds is 4. The molecule has 0 saturated heterocycles. The summed E-state index contributed by atoms with van der Waals surface area (Å²) in [7, 11) is 0. The van der Waals surface area contributed by atoms with E-state index in [0.717, 1.165) is 10.0 Å².